The quantitative estimate of drug-likeness (QED) is 0.753. The van der Waals surface area contributed by atoms with E-state index in [-0.39, 0.29) is 24.3 Å². The van der Waals surface area contributed by atoms with E-state index in [2.05, 4.69) is 5.32 Å². The van der Waals surface area contributed by atoms with E-state index >= 15 is 0 Å². The number of rotatable bonds is 5. The Labute approximate surface area is 102 Å². The second-order valence-corrected chi connectivity index (χ2v) is 4.63. The number of benzene rings is 1. The van der Waals surface area contributed by atoms with Crippen LogP contribution in [0.5, 0.6) is 0 Å². The number of aliphatic hydroxyl groups is 1. The fourth-order valence-electron chi connectivity index (χ4n) is 1.71. The zero-order chi connectivity index (χ0) is 13.3. The first-order chi connectivity index (χ1) is 8.47. The molecule has 0 bridgehead atoms. The Bertz CT molecular complexity index is 463. The molecule has 1 saturated carbocycles. The molecule has 0 heterocycles. The Morgan fingerprint density at radius 3 is 2.28 bits per heavy atom. The zero-order valence-corrected chi connectivity index (χ0v) is 9.54. The maximum absolute atomic E-state index is 13.5. The molecule has 0 aliphatic heterocycles. The minimum Gasteiger partial charge on any atom is -0.478 e. The maximum atomic E-state index is 13.5. The molecule has 1 aromatic rings. The van der Waals surface area contributed by atoms with E-state index in [1.165, 1.54) is 0 Å². The van der Waals surface area contributed by atoms with Crippen molar-refractivity contribution < 1.29 is 23.8 Å². The number of nitrogens with one attached hydrogen (secondary N) is 1. The predicted molar refractivity (Wildman–Crippen MR) is 60.6 cm³/mol. The van der Waals surface area contributed by atoms with Crippen LogP contribution in [0, 0.1) is 17.0 Å². The molecule has 0 unspecified atom stereocenters. The molecule has 0 aromatic heterocycles. The number of halogens is 2. The molecule has 1 aliphatic rings. The molecule has 18 heavy (non-hydrogen) atoms. The van der Waals surface area contributed by atoms with Gasteiger partial charge >= 0.3 is 5.97 Å². The Kier molecular flexibility index (Phi) is 3.21. The summed E-state index contributed by atoms with van der Waals surface area (Å²) < 4.78 is 27.1. The lowest BCUT2D eigenvalue weighted by molar-refractivity contribution is 0.0696. The molecule has 2 rings (SSSR count). The van der Waals surface area contributed by atoms with Gasteiger partial charge in [0.1, 0.15) is 17.3 Å². The summed E-state index contributed by atoms with van der Waals surface area (Å²) in [6, 6.07) is 1.54. The summed E-state index contributed by atoms with van der Waals surface area (Å²) in [6.07, 6.45) is 1.62. The van der Waals surface area contributed by atoms with Crippen molar-refractivity contribution in [3.05, 3.63) is 29.3 Å². The fourth-order valence-corrected chi connectivity index (χ4v) is 1.71. The SMILES string of the molecule is O=C(O)c1cc(F)c(NCC2(CO)CC2)c(F)c1. The van der Waals surface area contributed by atoms with Crippen molar-refractivity contribution in [1.29, 1.82) is 0 Å². The van der Waals surface area contributed by atoms with Crippen LogP contribution in [0.3, 0.4) is 0 Å². The Morgan fingerprint density at radius 2 is 1.89 bits per heavy atom. The predicted octanol–water partition coefficient (Wildman–Crippen LogP) is 1.85. The van der Waals surface area contributed by atoms with Gasteiger partial charge in [-0.1, -0.05) is 0 Å². The minimum atomic E-state index is -1.38. The van der Waals surface area contributed by atoms with Crippen LogP contribution in [-0.2, 0) is 0 Å². The smallest absolute Gasteiger partial charge is 0.335 e. The average Bonchev–Trinajstić information content (AvgIpc) is 3.08. The largest absolute Gasteiger partial charge is 0.478 e. The zero-order valence-electron chi connectivity index (χ0n) is 9.54. The third-order valence-corrected chi connectivity index (χ3v) is 3.22. The van der Waals surface area contributed by atoms with Crippen molar-refractivity contribution in [3.63, 3.8) is 0 Å². The molecular weight excluding hydrogens is 244 g/mol. The van der Waals surface area contributed by atoms with E-state index in [4.69, 9.17) is 10.2 Å². The number of hydrogen-bond donors (Lipinski definition) is 3. The summed E-state index contributed by atoms with van der Waals surface area (Å²) in [5.41, 5.74) is -1.07. The van der Waals surface area contributed by atoms with E-state index in [0.29, 0.717) is 0 Å². The van der Waals surface area contributed by atoms with E-state index in [9.17, 15) is 13.6 Å². The molecule has 0 atom stereocenters. The number of carboxylic acid groups (broad SMARTS) is 1. The normalized spacial score (nSPS) is 16.4. The van der Waals surface area contributed by atoms with Gasteiger partial charge in [0.2, 0.25) is 0 Å². The standard InChI is InChI=1S/C12H13F2NO3/c13-8-3-7(11(17)18)4-9(14)10(8)15-5-12(6-16)1-2-12/h3-4,15-16H,1-2,5-6H2,(H,17,18). The lowest BCUT2D eigenvalue weighted by atomic mass is 10.1. The molecule has 1 fully saturated rings. The van der Waals surface area contributed by atoms with Crippen molar-refractivity contribution in [2.45, 2.75) is 12.8 Å². The summed E-state index contributed by atoms with van der Waals surface area (Å²) in [5, 5.41) is 20.3. The van der Waals surface area contributed by atoms with Gasteiger partial charge in [-0.2, -0.15) is 0 Å². The van der Waals surface area contributed by atoms with Gasteiger partial charge in [0.05, 0.1) is 12.2 Å². The summed E-state index contributed by atoms with van der Waals surface area (Å²) in [5.74, 6) is -3.27. The topological polar surface area (TPSA) is 69.6 Å². The van der Waals surface area contributed by atoms with Gasteiger partial charge in [0.25, 0.3) is 0 Å². The van der Waals surface area contributed by atoms with Crippen LogP contribution in [-0.4, -0.2) is 29.3 Å². The van der Waals surface area contributed by atoms with Gasteiger partial charge in [0.15, 0.2) is 0 Å². The van der Waals surface area contributed by atoms with Gasteiger partial charge < -0.3 is 15.5 Å². The van der Waals surface area contributed by atoms with Gasteiger partial charge in [-0.15, -0.1) is 0 Å². The second-order valence-electron chi connectivity index (χ2n) is 4.63. The number of carbonyl (C=O) groups is 1. The highest BCUT2D eigenvalue weighted by Crippen LogP contribution is 2.45. The molecular formula is C12H13F2NO3. The van der Waals surface area contributed by atoms with Crippen molar-refractivity contribution in [1.82, 2.24) is 0 Å². The van der Waals surface area contributed by atoms with Crippen LogP contribution in [0.25, 0.3) is 0 Å². The van der Waals surface area contributed by atoms with Crippen molar-refractivity contribution in [2.24, 2.45) is 5.41 Å². The lowest BCUT2D eigenvalue weighted by Gasteiger charge is -2.15. The van der Waals surface area contributed by atoms with Gasteiger partial charge in [-0.05, 0) is 25.0 Å². The first-order valence-corrected chi connectivity index (χ1v) is 5.54. The highest BCUT2D eigenvalue weighted by molar-refractivity contribution is 5.88. The lowest BCUT2D eigenvalue weighted by Crippen LogP contribution is -2.20. The molecule has 1 aliphatic carbocycles. The van der Waals surface area contributed by atoms with Crippen LogP contribution in [0.4, 0.5) is 14.5 Å². The van der Waals surface area contributed by atoms with Crippen molar-refractivity contribution >= 4 is 11.7 Å². The number of aliphatic hydroxyl groups excluding tert-OH is 1. The van der Waals surface area contributed by atoms with Gasteiger partial charge in [-0.25, -0.2) is 13.6 Å². The van der Waals surface area contributed by atoms with Crippen LogP contribution < -0.4 is 5.32 Å². The minimum absolute atomic E-state index is 0.0313. The molecule has 0 saturated heterocycles. The summed E-state index contributed by atoms with van der Waals surface area (Å²) in [6.45, 7) is 0.236. The Balaban J connectivity index is 2.15. The molecule has 6 heteroatoms. The number of aromatic carboxylic acids is 1. The molecule has 4 nitrogen and oxygen atoms in total. The van der Waals surface area contributed by atoms with Crippen LogP contribution >= 0.6 is 0 Å². The first kappa shape index (κ1) is 12.8. The molecule has 0 spiro atoms. The monoisotopic (exact) mass is 257 g/mol. The van der Waals surface area contributed by atoms with Crippen LogP contribution in [0.2, 0.25) is 0 Å². The fraction of sp³-hybridized carbons (Fsp3) is 0.417. The third kappa shape index (κ3) is 2.43. The first-order valence-electron chi connectivity index (χ1n) is 5.54. The Hall–Kier alpha value is -1.69. The van der Waals surface area contributed by atoms with E-state index in [1.54, 1.807) is 0 Å². The summed E-state index contributed by atoms with van der Waals surface area (Å²) in [7, 11) is 0. The Morgan fingerprint density at radius 1 is 1.33 bits per heavy atom. The van der Waals surface area contributed by atoms with Gasteiger partial charge in [-0.3, -0.25) is 0 Å². The highest BCUT2D eigenvalue weighted by atomic mass is 19.1. The van der Waals surface area contributed by atoms with Gasteiger partial charge in [0, 0.05) is 12.0 Å². The molecule has 1 aromatic carbocycles. The molecule has 98 valence electrons. The van der Waals surface area contributed by atoms with E-state index < -0.39 is 23.2 Å². The van der Waals surface area contributed by atoms with Crippen LogP contribution in [0.15, 0.2) is 12.1 Å². The third-order valence-electron chi connectivity index (χ3n) is 3.22. The average molecular weight is 257 g/mol. The second kappa shape index (κ2) is 4.53. The number of carboxylic acids is 1. The summed E-state index contributed by atoms with van der Waals surface area (Å²) >= 11 is 0. The van der Waals surface area contributed by atoms with E-state index in [1.807, 2.05) is 0 Å². The highest BCUT2D eigenvalue weighted by Gasteiger charge is 2.41. The number of anilines is 1. The molecule has 0 amide bonds. The molecule has 0 radical (unpaired) electrons. The van der Waals surface area contributed by atoms with Crippen molar-refractivity contribution in [2.75, 3.05) is 18.5 Å². The van der Waals surface area contributed by atoms with Crippen molar-refractivity contribution in [3.8, 4) is 0 Å². The number of hydrogen-bond acceptors (Lipinski definition) is 3. The summed E-state index contributed by atoms with van der Waals surface area (Å²) in [4.78, 5) is 10.6. The van der Waals surface area contributed by atoms with Crippen LogP contribution in [0.1, 0.15) is 23.2 Å². The van der Waals surface area contributed by atoms with E-state index in [0.717, 1.165) is 25.0 Å². The molecule has 3 N–H and O–H groups in total. The maximum Gasteiger partial charge on any atom is 0.335 e.